The fraction of sp³-hybridized carbons (Fsp3) is 0.200. The number of hydrogen-bond acceptors (Lipinski definition) is 0. The Hall–Kier alpha value is -1.38. The molecule has 0 spiro atoms. The molecular formula is C20H19BrSi. The van der Waals surface area contributed by atoms with Crippen LogP contribution in [0.4, 0.5) is 0 Å². The predicted octanol–water partition coefficient (Wildman–Crippen LogP) is 6.16. The first-order valence-corrected chi connectivity index (χ1v) is 11.8. The second-order valence-electron chi connectivity index (χ2n) is 6.87. The standard InChI is InChI=1S/C20H19BrSi/c1-22(2,19-12-10-14-6-3-4-7-15(14)19)20-13-11-16-17(20)8-5-9-18(16)21/h3-13,19-20H,1-2H3. The van der Waals surface area contributed by atoms with Crippen molar-refractivity contribution in [1.82, 2.24) is 0 Å². The zero-order valence-electron chi connectivity index (χ0n) is 12.9. The molecule has 4 rings (SSSR count). The number of fused-ring (bicyclic) bond motifs is 2. The summed E-state index contributed by atoms with van der Waals surface area (Å²) >= 11 is 3.70. The molecular weight excluding hydrogens is 348 g/mol. The molecule has 22 heavy (non-hydrogen) atoms. The maximum atomic E-state index is 3.70. The van der Waals surface area contributed by atoms with Crippen LogP contribution >= 0.6 is 15.9 Å². The number of rotatable bonds is 2. The molecule has 0 bridgehead atoms. The van der Waals surface area contributed by atoms with E-state index < -0.39 is 8.07 Å². The maximum Gasteiger partial charge on any atom is 0.0715 e. The van der Waals surface area contributed by atoms with E-state index in [1.54, 1.807) is 0 Å². The Bertz CT molecular complexity index is 801. The molecule has 2 aromatic carbocycles. The first-order valence-electron chi connectivity index (χ1n) is 7.83. The normalized spacial score (nSPS) is 22.0. The van der Waals surface area contributed by atoms with Crippen molar-refractivity contribution in [2.75, 3.05) is 0 Å². The highest BCUT2D eigenvalue weighted by atomic mass is 79.9. The molecule has 2 atom stereocenters. The van der Waals surface area contributed by atoms with E-state index >= 15 is 0 Å². The van der Waals surface area contributed by atoms with E-state index in [4.69, 9.17) is 0 Å². The summed E-state index contributed by atoms with van der Waals surface area (Å²) < 4.78 is 1.22. The Balaban J connectivity index is 1.77. The molecule has 0 saturated heterocycles. The van der Waals surface area contributed by atoms with E-state index in [2.05, 4.69) is 95.8 Å². The molecule has 0 saturated carbocycles. The van der Waals surface area contributed by atoms with Crippen LogP contribution < -0.4 is 0 Å². The second kappa shape index (κ2) is 5.07. The van der Waals surface area contributed by atoms with Gasteiger partial charge >= 0.3 is 0 Å². The predicted molar refractivity (Wildman–Crippen MR) is 102 cm³/mol. The first-order chi connectivity index (χ1) is 10.6. The van der Waals surface area contributed by atoms with Crippen molar-refractivity contribution in [3.05, 3.63) is 81.3 Å². The number of halogens is 1. The van der Waals surface area contributed by atoms with Gasteiger partial charge in [0.25, 0.3) is 0 Å². The summed E-state index contributed by atoms with van der Waals surface area (Å²) in [5.41, 5.74) is 7.00. The first kappa shape index (κ1) is 14.2. The monoisotopic (exact) mass is 366 g/mol. The van der Waals surface area contributed by atoms with Crippen LogP contribution in [0.15, 0.2) is 59.1 Å². The van der Waals surface area contributed by atoms with E-state index in [9.17, 15) is 0 Å². The highest BCUT2D eigenvalue weighted by molar-refractivity contribution is 9.10. The quantitative estimate of drug-likeness (QED) is 0.558. The van der Waals surface area contributed by atoms with Crippen molar-refractivity contribution < 1.29 is 0 Å². The molecule has 0 aromatic heterocycles. The summed E-state index contributed by atoms with van der Waals surface area (Å²) in [5.74, 6) is 0. The summed E-state index contributed by atoms with van der Waals surface area (Å²) in [5, 5.41) is 0. The van der Waals surface area contributed by atoms with Gasteiger partial charge in [0, 0.05) is 4.47 Å². The molecule has 2 heteroatoms. The summed E-state index contributed by atoms with van der Waals surface area (Å²) in [4.78, 5) is 0. The molecule has 2 aliphatic rings. The minimum atomic E-state index is -1.56. The molecule has 2 aromatic rings. The minimum Gasteiger partial charge on any atom is -0.0791 e. The minimum absolute atomic E-state index is 0.584. The van der Waals surface area contributed by atoms with Crippen LogP contribution in [0.25, 0.3) is 12.2 Å². The summed E-state index contributed by atoms with van der Waals surface area (Å²) in [6.45, 7) is 5.07. The van der Waals surface area contributed by atoms with E-state index in [1.807, 2.05) is 0 Å². The average Bonchev–Trinajstić information content (AvgIpc) is 3.12. The lowest BCUT2D eigenvalue weighted by atomic mass is 10.1. The van der Waals surface area contributed by atoms with E-state index in [0.717, 1.165) is 0 Å². The Morgan fingerprint density at radius 2 is 1.50 bits per heavy atom. The highest BCUT2D eigenvalue weighted by Gasteiger charge is 2.42. The van der Waals surface area contributed by atoms with Gasteiger partial charge in [-0.2, -0.15) is 0 Å². The lowest BCUT2D eigenvalue weighted by Gasteiger charge is -2.35. The van der Waals surface area contributed by atoms with Crippen LogP contribution in [-0.2, 0) is 0 Å². The molecule has 110 valence electrons. The largest absolute Gasteiger partial charge is 0.0791 e. The van der Waals surface area contributed by atoms with Gasteiger partial charge in [0.2, 0.25) is 0 Å². The SMILES string of the molecule is C[Si](C)(C1C=Cc2ccccc21)C1C=Cc2c(Br)cccc21. The van der Waals surface area contributed by atoms with Crippen molar-refractivity contribution >= 4 is 36.2 Å². The Morgan fingerprint density at radius 1 is 0.818 bits per heavy atom. The molecule has 0 N–H and O–H groups in total. The number of allylic oxidation sites excluding steroid dienone is 2. The van der Waals surface area contributed by atoms with Gasteiger partial charge < -0.3 is 0 Å². The highest BCUT2D eigenvalue weighted by Crippen LogP contribution is 2.47. The lowest BCUT2D eigenvalue weighted by Crippen LogP contribution is -2.39. The third-order valence-electron chi connectivity index (χ3n) is 5.28. The maximum absolute atomic E-state index is 3.70. The zero-order valence-corrected chi connectivity index (χ0v) is 15.5. The molecule has 0 radical (unpaired) electrons. The molecule has 0 aliphatic heterocycles. The topological polar surface area (TPSA) is 0 Å². The second-order valence-corrected chi connectivity index (χ2v) is 12.6. The van der Waals surface area contributed by atoms with Crippen LogP contribution in [0, 0.1) is 0 Å². The van der Waals surface area contributed by atoms with Gasteiger partial charge in [-0.3, -0.25) is 0 Å². The van der Waals surface area contributed by atoms with Crippen LogP contribution in [0.2, 0.25) is 13.1 Å². The van der Waals surface area contributed by atoms with Crippen molar-refractivity contribution in [2.24, 2.45) is 0 Å². The smallest absolute Gasteiger partial charge is 0.0715 e. The van der Waals surface area contributed by atoms with Gasteiger partial charge in [-0.15, -0.1) is 0 Å². The zero-order chi connectivity index (χ0) is 15.3. The third-order valence-corrected chi connectivity index (χ3v) is 10.2. The van der Waals surface area contributed by atoms with Gasteiger partial charge in [-0.25, -0.2) is 0 Å². The number of hydrogen-bond donors (Lipinski definition) is 0. The van der Waals surface area contributed by atoms with Gasteiger partial charge in [0.15, 0.2) is 0 Å². The molecule has 0 fully saturated rings. The number of benzene rings is 2. The van der Waals surface area contributed by atoms with E-state index in [1.165, 1.54) is 26.7 Å². The Kier molecular flexibility index (Phi) is 3.28. The van der Waals surface area contributed by atoms with Crippen LogP contribution in [0.1, 0.15) is 33.3 Å². The van der Waals surface area contributed by atoms with E-state index in [-0.39, 0.29) is 0 Å². The molecule has 2 unspecified atom stereocenters. The Labute approximate surface area is 141 Å². The fourth-order valence-electron chi connectivity index (χ4n) is 4.04. The van der Waals surface area contributed by atoms with Crippen molar-refractivity contribution in [2.45, 2.75) is 24.2 Å². The van der Waals surface area contributed by atoms with Crippen LogP contribution in [0.3, 0.4) is 0 Å². The van der Waals surface area contributed by atoms with Gasteiger partial charge in [0.1, 0.15) is 0 Å². The molecule has 0 amide bonds. The summed E-state index contributed by atoms with van der Waals surface area (Å²) in [6.07, 6.45) is 9.51. The van der Waals surface area contributed by atoms with Gasteiger partial charge in [-0.1, -0.05) is 89.7 Å². The van der Waals surface area contributed by atoms with Gasteiger partial charge in [-0.05, 0) is 39.4 Å². The summed E-state index contributed by atoms with van der Waals surface area (Å²) in [7, 11) is -1.56. The molecule has 2 aliphatic carbocycles. The molecule has 0 nitrogen and oxygen atoms in total. The van der Waals surface area contributed by atoms with E-state index in [0.29, 0.717) is 11.1 Å². The van der Waals surface area contributed by atoms with Crippen LogP contribution in [0.5, 0.6) is 0 Å². The van der Waals surface area contributed by atoms with Crippen LogP contribution in [-0.4, -0.2) is 8.07 Å². The van der Waals surface area contributed by atoms with Gasteiger partial charge in [0.05, 0.1) is 8.07 Å². The lowest BCUT2D eigenvalue weighted by molar-refractivity contribution is 1.05. The van der Waals surface area contributed by atoms with Crippen molar-refractivity contribution in [3.8, 4) is 0 Å². The average molecular weight is 367 g/mol. The third kappa shape index (κ3) is 2.01. The molecule has 0 heterocycles. The Morgan fingerprint density at radius 3 is 2.36 bits per heavy atom. The fourth-order valence-corrected chi connectivity index (χ4v) is 8.24. The van der Waals surface area contributed by atoms with Crippen molar-refractivity contribution in [3.63, 3.8) is 0 Å². The van der Waals surface area contributed by atoms with Crippen molar-refractivity contribution in [1.29, 1.82) is 0 Å². The summed E-state index contributed by atoms with van der Waals surface area (Å²) in [6, 6.07) is 15.5.